The van der Waals surface area contributed by atoms with Crippen LogP contribution in [0.25, 0.3) is 10.9 Å². The van der Waals surface area contributed by atoms with Crippen LogP contribution < -0.4 is 10.5 Å². The Morgan fingerprint density at radius 2 is 1.95 bits per heavy atom. The van der Waals surface area contributed by atoms with E-state index in [-0.39, 0.29) is 0 Å². The van der Waals surface area contributed by atoms with Gasteiger partial charge < -0.3 is 10.5 Å². The Hall–Kier alpha value is -3.06. The Morgan fingerprint density at radius 1 is 1.14 bits per heavy atom. The molecule has 3 rings (SSSR count). The van der Waals surface area contributed by atoms with Crippen LogP contribution >= 0.6 is 0 Å². The summed E-state index contributed by atoms with van der Waals surface area (Å²) in [6.07, 6.45) is 0. The van der Waals surface area contributed by atoms with Gasteiger partial charge in [0.25, 0.3) is 0 Å². The number of rotatable bonds is 2. The van der Waals surface area contributed by atoms with Gasteiger partial charge in [0, 0.05) is 16.6 Å². The predicted octanol–water partition coefficient (Wildman–Crippen LogP) is 3.79. The summed E-state index contributed by atoms with van der Waals surface area (Å²) in [5, 5.41) is 10.2. The topological polar surface area (TPSA) is 71.9 Å². The average molecular weight is 275 g/mol. The first kappa shape index (κ1) is 12.9. The van der Waals surface area contributed by atoms with Crippen LogP contribution in [-0.2, 0) is 0 Å². The summed E-state index contributed by atoms with van der Waals surface area (Å²) in [6, 6.07) is 16.9. The van der Waals surface area contributed by atoms with E-state index in [2.05, 4.69) is 11.1 Å². The van der Waals surface area contributed by atoms with Crippen molar-refractivity contribution in [3.05, 3.63) is 59.7 Å². The van der Waals surface area contributed by atoms with Crippen LogP contribution in [0, 0.1) is 18.3 Å². The van der Waals surface area contributed by atoms with Crippen molar-refractivity contribution in [1.29, 1.82) is 5.26 Å². The molecule has 0 atom stereocenters. The van der Waals surface area contributed by atoms with Gasteiger partial charge in [-0.3, -0.25) is 0 Å². The fourth-order valence-electron chi connectivity index (χ4n) is 2.14. The van der Waals surface area contributed by atoms with Crippen molar-refractivity contribution in [3.63, 3.8) is 0 Å². The molecule has 0 spiro atoms. The van der Waals surface area contributed by atoms with Crippen LogP contribution in [-0.4, -0.2) is 4.98 Å². The summed E-state index contributed by atoms with van der Waals surface area (Å²) in [5.41, 5.74) is 8.37. The average Bonchev–Trinajstić information content (AvgIpc) is 2.49. The number of ether oxygens (including phenoxy) is 1. The molecular weight excluding hydrogens is 262 g/mol. The minimum absolute atomic E-state index is 0.393. The van der Waals surface area contributed by atoms with Gasteiger partial charge in [-0.2, -0.15) is 5.26 Å². The maximum absolute atomic E-state index is 9.16. The van der Waals surface area contributed by atoms with E-state index in [1.807, 2.05) is 37.3 Å². The number of aryl methyl sites for hydroxylation is 1. The lowest BCUT2D eigenvalue weighted by atomic mass is 10.1. The molecule has 1 heterocycles. The number of aromatic nitrogens is 1. The lowest BCUT2D eigenvalue weighted by molar-refractivity contribution is 0.460. The Kier molecular flexibility index (Phi) is 3.17. The minimum Gasteiger partial charge on any atom is -0.437 e. The van der Waals surface area contributed by atoms with E-state index in [9.17, 15) is 0 Å². The predicted molar refractivity (Wildman–Crippen MR) is 82.1 cm³/mol. The van der Waals surface area contributed by atoms with E-state index in [0.717, 1.165) is 16.5 Å². The lowest BCUT2D eigenvalue weighted by Gasteiger charge is -2.10. The van der Waals surface area contributed by atoms with E-state index >= 15 is 0 Å². The zero-order valence-electron chi connectivity index (χ0n) is 11.5. The molecule has 2 aromatic carbocycles. The molecule has 0 radical (unpaired) electrons. The first-order chi connectivity index (χ1) is 10.2. The second-order valence-electron chi connectivity index (χ2n) is 4.77. The number of anilines is 1. The highest BCUT2D eigenvalue weighted by Crippen LogP contribution is 2.29. The summed E-state index contributed by atoms with van der Waals surface area (Å²) in [6.45, 7) is 1.93. The molecule has 0 aliphatic heterocycles. The fraction of sp³-hybridized carbons (Fsp3) is 0.0588. The standard InChI is InChI=1S/C17H13N3O/c1-11-8-12-4-2-3-5-15(12)20-17(11)21-16-7-6-14(19)9-13(16)10-18/h2-9H,19H2,1H3. The van der Waals surface area contributed by atoms with Crippen molar-refractivity contribution < 1.29 is 4.74 Å². The van der Waals surface area contributed by atoms with Crippen molar-refractivity contribution in [2.24, 2.45) is 0 Å². The van der Waals surface area contributed by atoms with E-state index in [0.29, 0.717) is 22.9 Å². The molecule has 21 heavy (non-hydrogen) atoms. The van der Waals surface area contributed by atoms with Gasteiger partial charge in [0.05, 0.1) is 11.1 Å². The third kappa shape index (κ3) is 2.49. The summed E-state index contributed by atoms with van der Waals surface area (Å²) in [7, 11) is 0. The second kappa shape index (κ2) is 5.14. The van der Waals surface area contributed by atoms with Crippen LogP contribution in [0.1, 0.15) is 11.1 Å². The van der Waals surface area contributed by atoms with Crippen molar-refractivity contribution >= 4 is 16.6 Å². The van der Waals surface area contributed by atoms with E-state index in [4.69, 9.17) is 15.7 Å². The van der Waals surface area contributed by atoms with Crippen LogP contribution in [0.3, 0.4) is 0 Å². The largest absolute Gasteiger partial charge is 0.437 e. The highest BCUT2D eigenvalue weighted by molar-refractivity contribution is 5.80. The number of nitrogen functional groups attached to an aromatic ring is 1. The van der Waals surface area contributed by atoms with Crippen molar-refractivity contribution in [1.82, 2.24) is 4.98 Å². The number of nitrogens with two attached hydrogens (primary N) is 1. The molecule has 0 amide bonds. The van der Waals surface area contributed by atoms with E-state index < -0.39 is 0 Å². The molecule has 0 saturated heterocycles. The van der Waals surface area contributed by atoms with Gasteiger partial charge in [-0.25, -0.2) is 4.98 Å². The van der Waals surface area contributed by atoms with Crippen molar-refractivity contribution in [2.45, 2.75) is 6.92 Å². The summed E-state index contributed by atoms with van der Waals surface area (Å²) in [4.78, 5) is 4.50. The molecule has 0 aliphatic rings. The maximum Gasteiger partial charge on any atom is 0.222 e. The molecule has 4 heteroatoms. The number of pyridine rings is 1. The summed E-state index contributed by atoms with van der Waals surface area (Å²) < 4.78 is 5.81. The van der Waals surface area contributed by atoms with Gasteiger partial charge in [0.1, 0.15) is 11.8 Å². The first-order valence-corrected chi connectivity index (χ1v) is 6.51. The van der Waals surface area contributed by atoms with Gasteiger partial charge >= 0.3 is 0 Å². The van der Waals surface area contributed by atoms with Gasteiger partial charge in [0.15, 0.2) is 0 Å². The quantitative estimate of drug-likeness (QED) is 0.722. The van der Waals surface area contributed by atoms with Gasteiger partial charge in [-0.15, -0.1) is 0 Å². The van der Waals surface area contributed by atoms with Crippen molar-refractivity contribution in [2.75, 3.05) is 5.73 Å². The smallest absolute Gasteiger partial charge is 0.222 e. The summed E-state index contributed by atoms with van der Waals surface area (Å²) in [5.74, 6) is 0.951. The molecule has 2 N–H and O–H groups in total. The van der Waals surface area contributed by atoms with Gasteiger partial charge in [-0.1, -0.05) is 18.2 Å². The number of hydrogen-bond donors (Lipinski definition) is 1. The third-order valence-corrected chi connectivity index (χ3v) is 3.20. The molecule has 0 fully saturated rings. The Morgan fingerprint density at radius 3 is 2.76 bits per heavy atom. The van der Waals surface area contributed by atoms with Crippen LogP contribution in [0.5, 0.6) is 11.6 Å². The number of fused-ring (bicyclic) bond motifs is 1. The number of nitriles is 1. The lowest BCUT2D eigenvalue weighted by Crippen LogP contribution is -1.95. The number of benzene rings is 2. The first-order valence-electron chi connectivity index (χ1n) is 6.51. The van der Waals surface area contributed by atoms with E-state index in [1.54, 1.807) is 18.2 Å². The molecule has 0 unspecified atom stereocenters. The Labute approximate surface area is 122 Å². The highest BCUT2D eigenvalue weighted by atomic mass is 16.5. The van der Waals surface area contributed by atoms with Crippen LogP contribution in [0.2, 0.25) is 0 Å². The second-order valence-corrected chi connectivity index (χ2v) is 4.77. The molecule has 102 valence electrons. The van der Waals surface area contributed by atoms with Gasteiger partial charge in [0.2, 0.25) is 5.88 Å². The fourth-order valence-corrected chi connectivity index (χ4v) is 2.14. The molecule has 4 nitrogen and oxygen atoms in total. The van der Waals surface area contributed by atoms with Crippen LogP contribution in [0.15, 0.2) is 48.5 Å². The zero-order chi connectivity index (χ0) is 14.8. The van der Waals surface area contributed by atoms with E-state index in [1.165, 1.54) is 0 Å². The monoisotopic (exact) mass is 275 g/mol. The Bertz CT molecular complexity index is 866. The highest BCUT2D eigenvalue weighted by Gasteiger charge is 2.09. The molecular formula is C17H13N3O. The number of nitrogens with zero attached hydrogens (tertiary/aromatic N) is 2. The normalized spacial score (nSPS) is 10.3. The molecule has 0 aliphatic carbocycles. The zero-order valence-corrected chi connectivity index (χ0v) is 11.5. The Balaban J connectivity index is 2.06. The SMILES string of the molecule is Cc1cc2ccccc2nc1Oc1ccc(N)cc1C#N. The van der Waals surface area contributed by atoms with Gasteiger partial charge in [-0.05, 0) is 37.3 Å². The third-order valence-electron chi connectivity index (χ3n) is 3.20. The van der Waals surface area contributed by atoms with Crippen molar-refractivity contribution in [3.8, 4) is 17.7 Å². The molecule has 0 saturated carbocycles. The van der Waals surface area contributed by atoms with Crippen LogP contribution in [0.4, 0.5) is 5.69 Å². The summed E-state index contributed by atoms with van der Waals surface area (Å²) >= 11 is 0. The minimum atomic E-state index is 0.393. The number of hydrogen-bond acceptors (Lipinski definition) is 4. The number of para-hydroxylation sites is 1. The maximum atomic E-state index is 9.16. The molecule has 1 aromatic heterocycles. The molecule has 0 bridgehead atoms. The molecule has 3 aromatic rings.